The van der Waals surface area contributed by atoms with Crippen LogP contribution in [0.2, 0.25) is 0 Å². The monoisotopic (exact) mass is 340 g/mol. The van der Waals surface area contributed by atoms with Crippen molar-refractivity contribution in [2.45, 2.75) is 37.5 Å². The summed E-state index contributed by atoms with van der Waals surface area (Å²) >= 11 is 0. The number of rotatable bonds is 6. The highest BCUT2D eigenvalue weighted by molar-refractivity contribution is 7.89. The molecule has 1 aromatic rings. The minimum Gasteiger partial charge on any atom is -0.380 e. The molecule has 0 amide bonds. The highest BCUT2D eigenvalue weighted by Crippen LogP contribution is 2.27. The average molecular weight is 340 g/mol. The molecule has 1 fully saturated rings. The molecule has 130 valence electrons. The topological polar surface area (TPSA) is 67.4 Å². The number of hydrogen-bond donors (Lipinski definition) is 2. The molecular weight excluding hydrogens is 312 g/mol. The molecule has 1 saturated heterocycles. The third-order valence-corrected chi connectivity index (χ3v) is 6.04. The van der Waals surface area contributed by atoms with Crippen LogP contribution >= 0.6 is 0 Å². The molecule has 1 aromatic carbocycles. The van der Waals surface area contributed by atoms with Gasteiger partial charge in [-0.1, -0.05) is 32.9 Å². The zero-order valence-electron chi connectivity index (χ0n) is 14.3. The van der Waals surface area contributed by atoms with Crippen LogP contribution in [0.5, 0.6) is 0 Å². The molecule has 0 unspecified atom stereocenters. The van der Waals surface area contributed by atoms with Gasteiger partial charge in [0.15, 0.2) is 0 Å². The van der Waals surface area contributed by atoms with Crippen LogP contribution in [-0.4, -0.2) is 41.3 Å². The number of sulfonamides is 1. The molecule has 6 heteroatoms. The predicted molar refractivity (Wildman–Crippen MR) is 92.1 cm³/mol. The summed E-state index contributed by atoms with van der Waals surface area (Å²) in [4.78, 5) is 0.315. The molecule has 23 heavy (non-hydrogen) atoms. The Morgan fingerprint density at radius 1 is 1.30 bits per heavy atom. The van der Waals surface area contributed by atoms with Crippen LogP contribution in [0.4, 0.5) is 0 Å². The van der Waals surface area contributed by atoms with Crippen molar-refractivity contribution < 1.29 is 13.2 Å². The number of hydrogen-bond acceptors (Lipinski definition) is 4. The lowest BCUT2D eigenvalue weighted by atomic mass is 9.82. The summed E-state index contributed by atoms with van der Waals surface area (Å²) in [5.74, 6) is 0.158. The molecule has 0 bridgehead atoms. The van der Waals surface area contributed by atoms with E-state index in [0.717, 1.165) is 25.1 Å². The molecule has 5 nitrogen and oxygen atoms in total. The van der Waals surface area contributed by atoms with Crippen molar-refractivity contribution in [1.82, 2.24) is 10.0 Å². The van der Waals surface area contributed by atoms with Gasteiger partial charge in [-0.15, -0.1) is 0 Å². The van der Waals surface area contributed by atoms with Crippen LogP contribution < -0.4 is 10.0 Å². The normalized spacial score (nSPS) is 20.2. The second-order valence-corrected chi connectivity index (χ2v) is 8.53. The molecule has 0 radical (unpaired) electrons. The summed E-state index contributed by atoms with van der Waals surface area (Å²) < 4.78 is 33.0. The summed E-state index contributed by atoms with van der Waals surface area (Å²) in [6.07, 6.45) is 1.01. The Kier molecular flexibility index (Phi) is 6.19. The molecule has 0 saturated carbocycles. The van der Waals surface area contributed by atoms with Gasteiger partial charge < -0.3 is 10.1 Å². The van der Waals surface area contributed by atoms with E-state index in [2.05, 4.69) is 30.8 Å². The van der Waals surface area contributed by atoms with Crippen molar-refractivity contribution in [3.05, 3.63) is 29.8 Å². The Morgan fingerprint density at radius 3 is 2.65 bits per heavy atom. The van der Waals surface area contributed by atoms with Gasteiger partial charge in [0.1, 0.15) is 0 Å². The van der Waals surface area contributed by atoms with Crippen molar-refractivity contribution in [3.63, 3.8) is 0 Å². The highest BCUT2D eigenvalue weighted by atomic mass is 32.2. The van der Waals surface area contributed by atoms with Crippen LogP contribution in [0.1, 0.15) is 32.8 Å². The summed E-state index contributed by atoms with van der Waals surface area (Å²) in [7, 11) is -3.47. The smallest absolute Gasteiger partial charge is 0.240 e. The van der Waals surface area contributed by atoms with Crippen molar-refractivity contribution in [3.8, 4) is 0 Å². The highest BCUT2D eigenvalue weighted by Gasteiger charge is 2.21. The maximum atomic E-state index is 12.4. The second-order valence-electron chi connectivity index (χ2n) is 6.76. The quantitative estimate of drug-likeness (QED) is 0.830. The van der Waals surface area contributed by atoms with Crippen LogP contribution in [0, 0.1) is 5.92 Å². The van der Waals surface area contributed by atoms with Gasteiger partial charge in [0, 0.05) is 25.6 Å². The van der Waals surface area contributed by atoms with E-state index < -0.39 is 10.0 Å². The Labute approximate surface area is 139 Å². The maximum Gasteiger partial charge on any atom is 0.240 e. The Morgan fingerprint density at radius 2 is 2.00 bits per heavy atom. The van der Waals surface area contributed by atoms with Crippen molar-refractivity contribution >= 4 is 10.0 Å². The minimum atomic E-state index is -3.47. The zero-order valence-corrected chi connectivity index (χ0v) is 15.1. The van der Waals surface area contributed by atoms with Gasteiger partial charge in [-0.25, -0.2) is 13.1 Å². The SMILES string of the molecule is CCC(C)(C)c1ccc(S(=O)(=O)NC[C@@H]2CNCCOC2)cc1. The first-order valence-electron chi connectivity index (χ1n) is 8.24. The van der Waals surface area contributed by atoms with E-state index >= 15 is 0 Å². The molecule has 0 spiro atoms. The van der Waals surface area contributed by atoms with Gasteiger partial charge >= 0.3 is 0 Å². The van der Waals surface area contributed by atoms with Gasteiger partial charge in [0.2, 0.25) is 10.0 Å². The van der Waals surface area contributed by atoms with Gasteiger partial charge in [-0.05, 0) is 29.5 Å². The standard InChI is InChI=1S/C17H28N2O3S/c1-4-17(2,3)15-5-7-16(8-6-15)23(20,21)19-12-14-11-18-9-10-22-13-14/h5-8,14,18-19H,4,9-13H2,1-3H3/t14-/m0/s1. The third-order valence-electron chi connectivity index (χ3n) is 4.60. The molecule has 2 N–H and O–H groups in total. The van der Waals surface area contributed by atoms with E-state index in [0.29, 0.717) is 24.7 Å². The van der Waals surface area contributed by atoms with E-state index in [9.17, 15) is 8.42 Å². The largest absolute Gasteiger partial charge is 0.380 e. The maximum absolute atomic E-state index is 12.4. The lowest BCUT2D eigenvalue weighted by Gasteiger charge is -2.23. The van der Waals surface area contributed by atoms with E-state index in [1.54, 1.807) is 12.1 Å². The van der Waals surface area contributed by atoms with Gasteiger partial charge in [-0.2, -0.15) is 0 Å². The Bertz CT molecular complexity index is 589. The van der Waals surface area contributed by atoms with Crippen LogP contribution in [0.15, 0.2) is 29.2 Å². The summed E-state index contributed by atoms with van der Waals surface area (Å²) in [6.45, 7) is 9.69. The van der Waals surface area contributed by atoms with Gasteiger partial charge in [0.25, 0.3) is 0 Å². The Hall–Kier alpha value is -0.950. The average Bonchev–Trinajstić information content (AvgIpc) is 2.82. The first-order chi connectivity index (χ1) is 10.8. The summed E-state index contributed by atoms with van der Waals surface area (Å²) in [6, 6.07) is 7.20. The molecule has 0 aliphatic carbocycles. The van der Waals surface area contributed by atoms with Crippen molar-refractivity contribution in [2.24, 2.45) is 5.92 Å². The first-order valence-corrected chi connectivity index (χ1v) is 9.72. The summed E-state index contributed by atoms with van der Waals surface area (Å²) in [5.41, 5.74) is 1.21. The minimum absolute atomic E-state index is 0.0546. The van der Waals surface area contributed by atoms with E-state index in [-0.39, 0.29) is 11.3 Å². The fourth-order valence-electron chi connectivity index (χ4n) is 2.49. The molecule has 0 aromatic heterocycles. The van der Waals surface area contributed by atoms with Crippen LogP contribution in [0.25, 0.3) is 0 Å². The van der Waals surface area contributed by atoms with E-state index in [4.69, 9.17) is 4.74 Å². The first kappa shape index (κ1) is 18.4. The Balaban J connectivity index is 2.01. The molecule has 2 rings (SSSR count). The fourth-order valence-corrected chi connectivity index (χ4v) is 3.61. The number of nitrogens with one attached hydrogen (secondary N) is 2. The van der Waals surface area contributed by atoms with Crippen molar-refractivity contribution in [2.75, 3.05) is 32.8 Å². The molecule has 1 atom stereocenters. The van der Waals surface area contributed by atoms with Crippen LogP contribution in [-0.2, 0) is 20.2 Å². The third kappa shape index (κ3) is 5.01. The predicted octanol–water partition coefficient (Wildman–Crippen LogP) is 1.89. The van der Waals surface area contributed by atoms with E-state index in [1.807, 2.05) is 12.1 Å². The lowest BCUT2D eigenvalue weighted by Crippen LogP contribution is -2.35. The van der Waals surface area contributed by atoms with E-state index in [1.165, 1.54) is 0 Å². The molecule has 1 aliphatic heterocycles. The number of benzene rings is 1. The fraction of sp³-hybridized carbons (Fsp3) is 0.647. The molecule has 1 aliphatic rings. The lowest BCUT2D eigenvalue weighted by molar-refractivity contribution is 0.124. The summed E-state index contributed by atoms with van der Waals surface area (Å²) in [5, 5.41) is 3.24. The van der Waals surface area contributed by atoms with Gasteiger partial charge in [0.05, 0.1) is 18.1 Å². The molecular formula is C17H28N2O3S. The van der Waals surface area contributed by atoms with Gasteiger partial charge in [-0.3, -0.25) is 0 Å². The van der Waals surface area contributed by atoms with Crippen molar-refractivity contribution in [1.29, 1.82) is 0 Å². The zero-order chi connectivity index (χ0) is 16.9. The number of ether oxygens (including phenoxy) is 1. The van der Waals surface area contributed by atoms with Crippen LogP contribution in [0.3, 0.4) is 0 Å². The second kappa shape index (κ2) is 7.75. The molecule has 1 heterocycles.